The molecule has 0 saturated heterocycles. The van der Waals surface area contributed by atoms with Crippen molar-refractivity contribution in [2.24, 2.45) is 0 Å². The third kappa shape index (κ3) is 3.64. The minimum absolute atomic E-state index is 0.595. The summed E-state index contributed by atoms with van der Waals surface area (Å²) in [6.07, 6.45) is 8.45. The lowest BCUT2D eigenvalue weighted by molar-refractivity contribution is 0.494. The van der Waals surface area contributed by atoms with Gasteiger partial charge in [-0.2, -0.15) is 0 Å². The Morgan fingerprint density at radius 3 is 2.92 bits per heavy atom. The molecule has 1 N–H and O–H groups in total. The first-order valence-electron chi connectivity index (χ1n) is 5.05. The van der Waals surface area contributed by atoms with Gasteiger partial charge in [0.2, 0.25) is 0 Å². The Hall–Kier alpha value is -0.760. The second kappa shape index (κ2) is 5.81. The first kappa shape index (κ1) is 10.3. The molecule has 0 aliphatic heterocycles. The van der Waals surface area contributed by atoms with Gasteiger partial charge in [-0.25, -0.2) is 0 Å². The van der Waals surface area contributed by atoms with Gasteiger partial charge in [-0.1, -0.05) is 19.8 Å². The van der Waals surface area contributed by atoms with Crippen molar-refractivity contribution in [2.75, 3.05) is 7.05 Å². The molecule has 1 unspecified atom stereocenters. The molecule has 0 radical (unpaired) electrons. The van der Waals surface area contributed by atoms with Gasteiger partial charge < -0.3 is 9.73 Å². The summed E-state index contributed by atoms with van der Waals surface area (Å²) in [4.78, 5) is 0. The predicted octanol–water partition coefficient (Wildman–Crippen LogP) is 2.60. The smallest absolute Gasteiger partial charge is 0.0935 e. The molecule has 2 heteroatoms. The van der Waals surface area contributed by atoms with Crippen molar-refractivity contribution in [3.05, 3.63) is 24.2 Å². The summed E-state index contributed by atoms with van der Waals surface area (Å²) in [5.74, 6) is 0. The highest BCUT2D eigenvalue weighted by Gasteiger charge is 2.06. The number of hydrogen-bond donors (Lipinski definition) is 1. The van der Waals surface area contributed by atoms with Crippen LogP contribution in [0.1, 0.15) is 31.7 Å². The van der Waals surface area contributed by atoms with E-state index in [-0.39, 0.29) is 0 Å². The molecule has 1 rings (SSSR count). The molecule has 0 bridgehead atoms. The Morgan fingerprint density at radius 1 is 1.54 bits per heavy atom. The first-order valence-corrected chi connectivity index (χ1v) is 5.05. The molecule has 0 aliphatic carbocycles. The second-order valence-corrected chi connectivity index (χ2v) is 3.46. The molecular weight excluding hydrogens is 162 g/mol. The van der Waals surface area contributed by atoms with E-state index in [0.717, 1.165) is 6.42 Å². The minimum Gasteiger partial charge on any atom is -0.472 e. The van der Waals surface area contributed by atoms with E-state index in [9.17, 15) is 0 Å². The lowest BCUT2D eigenvalue weighted by Crippen LogP contribution is -2.27. The van der Waals surface area contributed by atoms with Gasteiger partial charge in [-0.05, 0) is 31.5 Å². The van der Waals surface area contributed by atoms with Crippen LogP contribution in [-0.4, -0.2) is 13.1 Å². The Bertz CT molecular complexity index is 206. The second-order valence-electron chi connectivity index (χ2n) is 3.46. The number of unbranched alkanes of at least 4 members (excludes halogenated alkanes) is 1. The van der Waals surface area contributed by atoms with E-state index in [0.29, 0.717) is 6.04 Å². The summed E-state index contributed by atoms with van der Waals surface area (Å²) in [6, 6.07) is 2.63. The maximum Gasteiger partial charge on any atom is 0.0935 e. The summed E-state index contributed by atoms with van der Waals surface area (Å²) in [5, 5.41) is 3.33. The molecule has 0 fully saturated rings. The normalized spacial score (nSPS) is 13.1. The first-order chi connectivity index (χ1) is 6.36. The highest BCUT2D eigenvalue weighted by Crippen LogP contribution is 2.08. The van der Waals surface area contributed by atoms with E-state index in [1.807, 2.05) is 19.4 Å². The van der Waals surface area contributed by atoms with Crippen molar-refractivity contribution in [3.63, 3.8) is 0 Å². The van der Waals surface area contributed by atoms with E-state index < -0.39 is 0 Å². The summed E-state index contributed by atoms with van der Waals surface area (Å²) in [6.45, 7) is 2.23. The average Bonchev–Trinajstić information content (AvgIpc) is 2.64. The van der Waals surface area contributed by atoms with Crippen molar-refractivity contribution in [1.29, 1.82) is 0 Å². The van der Waals surface area contributed by atoms with Crippen molar-refractivity contribution >= 4 is 0 Å². The molecule has 1 aromatic heterocycles. The Morgan fingerprint density at radius 2 is 2.38 bits per heavy atom. The fourth-order valence-electron chi connectivity index (χ4n) is 1.49. The predicted molar refractivity (Wildman–Crippen MR) is 54.8 cm³/mol. The van der Waals surface area contributed by atoms with Crippen molar-refractivity contribution in [3.8, 4) is 0 Å². The molecule has 0 aliphatic rings. The zero-order valence-corrected chi connectivity index (χ0v) is 8.55. The molecule has 0 aromatic carbocycles. The Balaban J connectivity index is 2.31. The van der Waals surface area contributed by atoms with E-state index in [1.54, 1.807) is 6.26 Å². The summed E-state index contributed by atoms with van der Waals surface area (Å²) < 4.78 is 5.04. The van der Waals surface area contributed by atoms with Crippen LogP contribution in [0, 0.1) is 0 Å². The standard InChI is InChI=1S/C11H19NO/c1-3-4-5-11(12-2)8-10-6-7-13-9-10/h6-7,9,11-12H,3-5,8H2,1-2H3. The van der Waals surface area contributed by atoms with Crippen LogP contribution in [0.5, 0.6) is 0 Å². The van der Waals surface area contributed by atoms with Crippen LogP contribution in [0.4, 0.5) is 0 Å². The fourth-order valence-corrected chi connectivity index (χ4v) is 1.49. The number of hydrogen-bond acceptors (Lipinski definition) is 2. The van der Waals surface area contributed by atoms with Crippen LogP contribution in [0.25, 0.3) is 0 Å². The monoisotopic (exact) mass is 181 g/mol. The lowest BCUT2D eigenvalue weighted by Gasteiger charge is -2.14. The third-order valence-corrected chi connectivity index (χ3v) is 2.38. The highest BCUT2D eigenvalue weighted by atomic mass is 16.3. The van der Waals surface area contributed by atoms with E-state index in [4.69, 9.17) is 4.42 Å². The number of rotatable bonds is 6. The zero-order valence-electron chi connectivity index (χ0n) is 8.55. The van der Waals surface area contributed by atoms with Gasteiger partial charge in [0, 0.05) is 6.04 Å². The Kier molecular flexibility index (Phi) is 4.61. The fraction of sp³-hybridized carbons (Fsp3) is 0.636. The highest BCUT2D eigenvalue weighted by molar-refractivity contribution is 5.07. The van der Waals surface area contributed by atoms with Gasteiger partial charge in [-0.3, -0.25) is 0 Å². The van der Waals surface area contributed by atoms with Crippen LogP contribution in [-0.2, 0) is 6.42 Å². The molecule has 74 valence electrons. The molecular formula is C11H19NO. The van der Waals surface area contributed by atoms with Gasteiger partial charge in [0.15, 0.2) is 0 Å². The van der Waals surface area contributed by atoms with E-state index in [2.05, 4.69) is 12.2 Å². The van der Waals surface area contributed by atoms with Gasteiger partial charge in [0.1, 0.15) is 0 Å². The van der Waals surface area contributed by atoms with Crippen LogP contribution < -0.4 is 5.32 Å². The van der Waals surface area contributed by atoms with E-state index in [1.165, 1.54) is 24.8 Å². The largest absolute Gasteiger partial charge is 0.472 e. The van der Waals surface area contributed by atoms with Gasteiger partial charge >= 0.3 is 0 Å². The van der Waals surface area contributed by atoms with Crippen LogP contribution in [0.2, 0.25) is 0 Å². The molecule has 0 saturated carbocycles. The van der Waals surface area contributed by atoms with Crippen LogP contribution >= 0.6 is 0 Å². The lowest BCUT2D eigenvalue weighted by atomic mass is 10.0. The van der Waals surface area contributed by atoms with Gasteiger partial charge in [-0.15, -0.1) is 0 Å². The average molecular weight is 181 g/mol. The summed E-state index contributed by atoms with van der Waals surface area (Å²) in [7, 11) is 2.03. The summed E-state index contributed by atoms with van der Waals surface area (Å²) in [5.41, 5.74) is 1.29. The molecule has 13 heavy (non-hydrogen) atoms. The topological polar surface area (TPSA) is 25.2 Å². The number of likely N-dealkylation sites (N-methyl/N-ethyl adjacent to an activating group) is 1. The van der Waals surface area contributed by atoms with Crippen molar-refractivity contribution < 1.29 is 4.42 Å². The summed E-state index contributed by atoms with van der Waals surface area (Å²) >= 11 is 0. The number of nitrogens with one attached hydrogen (secondary N) is 1. The Labute approximate surface area is 80.3 Å². The molecule has 2 nitrogen and oxygen atoms in total. The SMILES string of the molecule is CCCCC(Cc1ccoc1)NC. The molecule has 1 aromatic rings. The van der Waals surface area contributed by atoms with E-state index >= 15 is 0 Å². The third-order valence-electron chi connectivity index (χ3n) is 2.38. The zero-order chi connectivity index (χ0) is 9.52. The molecule has 1 heterocycles. The van der Waals surface area contributed by atoms with Gasteiger partial charge in [0.25, 0.3) is 0 Å². The van der Waals surface area contributed by atoms with Crippen molar-refractivity contribution in [2.45, 2.75) is 38.6 Å². The maximum atomic E-state index is 5.04. The van der Waals surface area contributed by atoms with Crippen LogP contribution in [0.15, 0.2) is 23.0 Å². The number of furan rings is 1. The minimum atomic E-state index is 0.595. The molecule has 1 atom stereocenters. The molecule has 0 amide bonds. The van der Waals surface area contributed by atoms with Crippen LogP contribution in [0.3, 0.4) is 0 Å². The van der Waals surface area contributed by atoms with Gasteiger partial charge in [0.05, 0.1) is 12.5 Å². The molecule has 0 spiro atoms. The van der Waals surface area contributed by atoms with Crippen molar-refractivity contribution in [1.82, 2.24) is 5.32 Å². The quantitative estimate of drug-likeness (QED) is 0.729. The maximum absolute atomic E-state index is 5.04.